The van der Waals surface area contributed by atoms with E-state index in [-0.39, 0.29) is 30.7 Å². The maximum atomic E-state index is 12.5. The third-order valence-corrected chi connectivity index (χ3v) is 5.91. The highest BCUT2D eigenvalue weighted by atomic mass is 35.5. The molecule has 29 heavy (non-hydrogen) atoms. The standard InChI is InChI=1S/C21H30N4OS.2ClH/c1-16(18-6-8-22-9-7-18)10-21(26)24-19-5-3-4-17(11-19)12-25(2)13-20-14-27-15-23-20;;/h3-5,11,14-16,18,22H,6-10,12-13H2,1-2H3,(H,24,26);2*1H. The molecule has 2 N–H and O–H groups in total. The van der Waals surface area contributed by atoms with Crippen molar-refractivity contribution >= 4 is 47.7 Å². The monoisotopic (exact) mass is 458 g/mol. The fraction of sp³-hybridized carbons (Fsp3) is 0.524. The van der Waals surface area contributed by atoms with Gasteiger partial charge < -0.3 is 10.6 Å². The minimum absolute atomic E-state index is 0. The Morgan fingerprint density at radius 1 is 1.31 bits per heavy atom. The second-order valence-electron chi connectivity index (χ2n) is 7.67. The fourth-order valence-corrected chi connectivity index (χ4v) is 4.34. The highest BCUT2D eigenvalue weighted by molar-refractivity contribution is 7.07. The maximum Gasteiger partial charge on any atom is 0.224 e. The first-order valence-electron chi connectivity index (χ1n) is 9.75. The molecule has 0 bridgehead atoms. The number of anilines is 1. The SMILES string of the molecule is CC(CC(=O)Nc1cccc(CN(C)Cc2cscn2)c1)C1CCNCC1.Cl.Cl. The molecule has 0 spiro atoms. The normalized spacial score (nSPS) is 15.3. The summed E-state index contributed by atoms with van der Waals surface area (Å²) >= 11 is 1.62. The molecule has 1 aromatic heterocycles. The first kappa shape index (κ1) is 25.9. The molecule has 1 saturated heterocycles. The highest BCUT2D eigenvalue weighted by Crippen LogP contribution is 2.25. The number of piperidine rings is 1. The average Bonchev–Trinajstić information content (AvgIpc) is 3.15. The lowest BCUT2D eigenvalue weighted by Crippen LogP contribution is -2.32. The lowest BCUT2D eigenvalue weighted by atomic mass is 9.84. The van der Waals surface area contributed by atoms with Crippen molar-refractivity contribution in [3.05, 3.63) is 46.4 Å². The van der Waals surface area contributed by atoms with Gasteiger partial charge in [-0.1, -0.05) is 19.1 Å². The number of carbonyl (C=O) groups is 1. The van der Waals surface area contributed by atoms with E-state index in [1.165, 1.54) is 18.4 Å². The summed E-state index contributed by atoms with van der Waals surface area (Å²) in [5.74, 6) is 1.20. The van der Waals surface area contributed by atoms with E-state index in [1.807, 2.05) is 17.6 Å². The van der Waals surface area contributed by atoms with Crippen molar-refractivity contribution in [2.24, 2.45) is 11.8 Å². The van der Waals surface area contributed by atoms with Gasteiger partial charge in [0.25, 0.3) is 0 Å². The zero-order valence-electron chi connectivity index (χ0n) is 17.1. The van der Waals surface area contributed by atoms with E-state index in [0.717, 1.165) is 37.6 Å². The molecule has 1 aliphatic rings. The molecule has 1 aromatic carbocycles. The molecular formula is C21H32Cl2N4OS. The molecule has 0 aliphatic carbocycles. The molecule has 162 valence electrons. The average molecular weight is 459 g/mol. The van der Waals surface area contributed by atoms with Crippen LogP contribution in [0.25, 0.3) is 0 Å². The molecule has 1 amide bonds. The number of rotatable bonds is 8. The van der Waals surface area contributed by atoms with Gasteiger partial charge in [0.1, 0.15) is 0 Å². The van der Waals surface area contributed by atoms with Gasteiger partial charge in [0.2, 0.25) is 5.91 Å². The van der Waals surface area contributed by atoms with E-state index in [1.54, 1.807) is 11.3 Å². The minimum Gasteiger partial charge on any atom is -0.326 e. The number of benzene rings is 1. The third-order valence-electron chi connectivity index (χ3n) is 5.27. The van der Waals surface area contributed by atoms with E-state index >= 15 is 0 Å². The van der Waals surface area contributed by atoms with Crippen LogP contribution in [0.5, 0.6) is 0 Å². The summed E-state index contributed by atoms with van der Waals surface area (Å²) in [6.45, 7) is 6.01. The van der Waals surface area contributed by atoms with E-state index in [9.17, 15) is 4.79 Å². The van der Waals surface area contributed by atoms with Gasteiger partial charge in [-0.15, -0.1) is 36.2 Å². The van der Waals surface area contributed by atoms with E-state index < -0.39 is 0 Å². The molecule has 1 aliphatic heterocycles. The second kappa shape index (κ2) is 13.2. The zero-order chi connectivity index (χ0) is 19.1. The predicted octanol–water partition coefficient (Wildman–Crippen LogP) is 4.58. The third kappa shape index (κ3) is 8.60. The summed E-state index contributed by atoms with van der Waals surface area (Å²) in [5, 5.41) is 8.56. The highest BCUT2D eigenvalue weighted by Gasteiger charge is 2.22. The van der Waals surface area contributed by atoms with E-state index in [0.29, 0.717) is 18.3 Å². The van der Waals surface area contributed by atoms with Gasteiger partial charge in [-0.3, -0.25) is 9.69 Å². The lowest BCUT2D eigenvalue weighted by molar-refractivity contribution is -0.117. The largest absolute Gasteiger partial charge is 0.326 e. The number of hydrogen-bond donors (Lipinski definition) is 2. The summed E-state index contributed by atoms with van der Waals surface area (Å²) in [4.78, 5) is 19.0. The Balaban J connectivity index is 0.00000210. The number of carbonyl (C=O) groups excluding carboxylic acids is 1. The smallest absolute Gasteiger partial charge is 0.224 e. The number of amides is 1. The summed E-state index contributed by atoms with van der Waals surface area (Å²) in [6, 6.07) is 8.16. The zero-order valence-corrected chi connectivity index (χ0v) is 19.5. The molecule has 1 fully saturated rings. The minimum atomic E-state index is 0. The number of thiazole rings is 1. The molecule has 8 heteroatoms. The van der Waals surface area contributed by atoms with Crippen molar-refractivity contribution in [3.8, 4) is 0 Å². The van der Waals surface area contributed by atoms with Crippen LogP contribution in [0.4, 0.5) is 5.69 Å². The van der Waals surface area contributed by atoms with Crippen LogP contribution < -0.4 is 10.6 Å². The Labute approximate surface area is 190 Å². The quantitative estimate of drug-likeness (QED) is 0.607. The van der Waals surface area contributed by atoms with Crippen molar-refractivity contribution in [2.75, 3.05) is 25.5 Å². The summed E-state index contributed by atoms with van der Waals surface area (Å²) in [5.41, 5.74) is 5.04. The molecule has 2 heterocycles. The first-order valence-corrected chi connectivity index (χ1v) is 10.7. The molecule has 2 aromatic rings. The summed E-state index contributed by atoms with van der Waals surface area (Å²) in [6.07, 6.45) is 2.95. The van der Waals surface area contributed by atoms with Gasteiger partial charge in [0, 0.05) is 30.6 Å². The van der Waals surface area contributed by atoms with Gasteiger partial charge in [0.15, 0.2) is 0 Å². The predicted molar refractivity (Wildman–Crippen MR) is 126 cm³/mol. The molecular weight excluding hydrogens is 427 g/mol. The van der Waals surface area contributed by atoms with Crippen LogP contribution in [0.15, 0.2) is 35.2 Å². The van der Waals surface area contributed by atoms with Crippen LogP contribution in [-0.2, 0) is 17.9 Å². The van der Waals surface area contributed by atoms with Crippen molar-refractivity contribution in [1.82, 2.24) is 15.2 Å². The Bertz CT molecular complexity index is 723. The molecule has 0 radical (unpaired) electrons. The summed E-state index contributed by atoms with van der Waals surface area (Å²) in [7, 11) is 2.09. The van der Waals surface area contributed by atoms with Crippen molar-refractivity contribution in [3.63, 3.8) is 0 Å². The number of nitrogens with zero attached hydrogens (tertiary/aromatic N) is 2. The van der Waals surface area contributed by atoms with Gasteiger partial charge in [-0.05, 0) is 62.5 Å². The van der Waals surface area contributed by atoms with Crippen molar-refractivity contribution in [1.29, 1.82) is 0 Å². The molecule has 1 atom stereocenters. The van der Waals surface area contributed by atoms with Crippen molar-refractivity contribution < 1.29 is 4.79 Å². The Hall–Kier alpha value is -1.18. The van der Waals surface area contributed by atoms with Crippen LogP contribution in [0.3, 0.4) is 0 Å². The Morgan fingerprint density at radius 3 is 2.76 bits per heavy atom. The Morgan fingerprint density at radius 2 is 2.07 bits per heavy atom. The number of aromatic nitrogens is 1. The number of hydrogen-bond acceptors (Lipinski definition) is 5. The first-order chi connectivity index (χ1) is 13.1. The molecule has 1 unspecified atom stereocenters. The van der Waals surface area contributed by atoms with Crippen LogP contribution in [0, 0.1) is 11.8 Å². The van der Waals surface area contributed by atoms with Crippen LogP contribution >= 0.6 is 36.2 Å². The number of nitrogens with one attached hydrogen (secondary N) is 2. The van der Waals surface area contributed by atoms with Crippen LogP contribution in [-0.4, -0.2) is 35.9 Å². The van der Waals surface area contributed by atoms with Gasteiger partial charge >= 0.3 is 0 Å². The number of halogens is 2. The second-order valence-corrected chi connectivity index (χ2v) is 8.39. The van der Waals surface area contributed by atoms with Crippen molar-refractivity contribution in [2.45, 2.75) is 39.3 Å². The summed E-state index contributed by atoms with van der Waals surface area (Å²) < 4.78 is 0. The fourth-order valence-electron chi connectivity index (χ4n) is 3.79. The van der Waals surface area contributed by atoms with E-state index in [2.05, 4.69) is 52.0 Å². The van der Waals surface area contributed by atoms with Crippen LogP contribution in [0.1, 0.15) is 37.4 Å². The maximum absolute atomic E-state index is 12.5. The van der Waals surface area contributed by atoms with Gasteiger partial charge in [0.05, 0.1) is 11.2 Å². The van der Waals surface area contributed by atoms with Crippen LogP contribution in [0.2, 0.25) is 0 Å². The molecule has 5 nitrogen and oxygen atoms in total. The van der Waals surface area contributed by atoms with Gasteiger partial charge in [-0.2, -0.15) is 0 Å². The Kier molecular flexibility index (Phi) is 11.8. The lowest BCUT2D eigenvalue weighted by Gasteiger charge is -2.27. The molecule has 3 rings (SSSR count). The topological polar surface area (TPSA) is 57.3 Å². The molecule has 0 saturated carbocycles. The van der Waals surface area contributed by atoms with E-state index in [4.69, 9.17) is 0 Å². The van der Waals surface area contributed by atoms with Gasteiger partial charge in [-0.25, -0.2) is 4.98 Å².